The highest BCUT2D eigenvalue weighted by Gasteiger charge is 2.18. The lowest BCUT2D eigenvalue weighted by molar-refractivity contribution is -0.117. The first kappa shape index (κ1) is 14.6. The maximum atomic E-state index is 11.9. The third kappa shape index (κ3) is 3.39. The van der Waals surface area contributed by atoms with E-state index in [1.807, 2.05) is 26.8 Å². The van der Waals surface area contributed by atoms with Crippen LogP contribution in [0, 0.1) is 5.41 Å². The molecule has 0 unspecified atom stereocenters. The summed E-state index contributed by atoms with van der Waals surface area (Å²) in [5.41, 5.74) is 7.09. The molecule has 1 heterocycles. The summed E-state index contributed by atoms with van der Waals surface area (Å²) >= 11 is 1.39. The van der Waals surface area contributed by atoms with Crippen molar-refractivity contribution in [3.8, 4) is 5.75 Å². The van der Waals surface area contributed by atoms with Gasteiger partial charge in [0.2, 0.25) is 5.91 Å². The quantitative estimate of drug-likeness (QED) is 0.851. The fourth-order valence-corrected chi connectivity index (χ4v) is 2.82. The molecule has 6 heteroatoms. The average Bonchev–Trinajstić information content (AvgIpc) is 2.66. The molecule has 0 atom stereocenters. The third-order valence-electron chi connectivity index (χ3n) is 2.64. The predicted molar refractivity (Wildman–Crippen MR) is 83.3 cm³/mol. The highest BCUT2D eigenvalue weighted by molar-refractivity contribution is 7.22. The molecule has 1 aromatic carbocycles. The molecule has 0 aliphatic heterocycles. The molecule has 0 aliphatic rings. The number of nitrogens with two attached hydrogens (primary N) is 1. The van der Waals surface area contributed by atoms with Crippen molar-refractivity contribution >= 4 is 38.3 Å². The van der Waals surface area contributed by atoms with E-state index >= 15 is 0 Å². The zero-order valence-electron chi connectivity index (χ0n) is 12.1. The maximum absolute atomic E-state index is 11.9. The Morgan fingerprint density at radius 1 is 1.45 bits per heavy atom. The van der Waals surface area contributed by atoms with E-state index in [1.165, 1.54) is 11.3 Å². The largest absolute Gasteiger partial charge is 0.494 e. The van der Waals surface area contributed by atoms with E-state index in [4.69, 9.17) is 10.5 Å². The summed E-state index contributed by atoms with van der Waals surface area (Å²) in [4.78, 5) is 16.3. The number of nitrogen functional groups attached to an aromatic ring is 1. The Morgan fingerprint density at radius 3 is 2.75 bits per heavy atom. The van der Waals surface area contributed by atoms with Gasteiger partial charge in [-0.2, -0.15) is 0 Å². The van der Waals surface area contributed by atoms with E-state index in [0.29, 0.717) is 23.0 Å². The van der Waals surface area contributed by atoms with Gasteiger partial charge in [-0.25, -0.2) is 4.98 Å². The number of benzene rings is 1. The first-order chi connectivity index (χ1) is 9.28. The summed E-state index contributed by atoms with van der Waals surface area (Å²) in [6, 6.07) is 3.55. The van der Waals surface area contributed by atoms with Crippen molar-refractivity contribution in [2.45, 2.75) is 27.2 Å². The summed E-state index contributed by atoms with van der Waals surface area (Å²) in [5.74, 6) is 0.580. The van der Waals surface area contributed by atoms with Crippen molar-refractivity contribution in [1.29, 1.82) is 0 Å². The molecule has 108 valence electrons. The molecular weight excluding hydrogens is 274 g/mol. The molecule has 0 spiro atoms. The number of nitrogens with zero attached hydrogens (tertiary/aromatic N) is 1. The minimum absolute atomic E-state index is 0.0384. The lowest BCUT2D eigenvalue weighted by Crippen LogP contribution is -2.19. The van der Waals surface area contributed by atoms with Gasteiger partial charge in [0, 0.05) is 18.2 Å². The Hall–Kier alpha value is -1.82. The lowest BCUT2D eigenvalue weighted by atomic mass is 9.92. The number of hydrogen-bond donors (Lipinski definition) is 2. The Balaban J connectivity index is 2.26. The van der Waals surface area contributed by atoms with Crippen molar-refractivity contribution in [2.24, 2.45) is 5.41 Å². The van der Waals surface area contributed by atoms with E-state index in [2.05, 4.69) is 10.3 Å². The monoisotopic (exact) mass is 293 g/mol. The van der Waals surface area contributed by atoms with Gasteiger partial charge in [-0.15, -0.1) is 0 Å². The second kappa shape index (κ2) is 5.28. The standard InChI is InChI=1S/C14H19N3O2S/c1-14(2,3)7-11(18)16-13-17-12-9(19-4)5-8(15)6-10(12)20-13/h5-6H,7,15H2,1-4H3,(H,16,17,18). The Kier molecular flexibility index (Phi) is 3.85. The first-order valence-corrected chi connectivity index (χ1v) is 7.14. The normalized spacial score (nSPS) is 11.6. The van der Waals surface area contributed by atoms with Gasteiger partial charge in [-0.1, -0.05) is 32.1 Å². The van der Waals surface area contributed by atoms with Crippen molar-refractivity contribution in [1.82, 2.24) is 4.98 Å². The second-order valence-corrected chi connectivity index (χ2v) is 6.91. The molecule has 5 nitrogen and oxygen atoms in total. The Bertz CT molecular complexity index is 644. The van der Waals surface area contributed by atoms with Gasteiger partial charge < -0.3 is 15.8 Å². The number of ether oxygens (including phenoxy) is 1. The highest BCUT2D eigenvalue weighted by atomic mass is 32.1. The lowest BCUT2D eigenvalue weighted by Gasteiger charge is -2.16. The highest BCUT2D eigenvalue weighted by Crippen LogP contribution is 2.34. The van der Waals surface area contributed by atoms with E-state index in [1.54, 1.807) is 13.2 Å². The molecule has 0 fully saturated rings. The molecule has 2 rings (SSSR count). The fraction of sp³-hybridized carbons (Fsp3) is 0.429. The topological polar surface area (TPSA) is 77.2 Å². The third-order valence-corrected chi connectivity index (χ3v) is 3.56. The molecule has 1 amide bonds. The summed E-state index contributed by atoms with van der Waals surface area (Å²) in [5, 5.41) is 3.40. The predicted octanol–water partition coefficient (Wildman–Crippen LogP) is 3.26. The molecule has 3 N–H and O–H groups in total. The summed E-state index contributed by atoms with van der Waals surface area (Å²) in [7, 11) is 1.57. The number of aromatic nitrogens is 1. The molecule has 20 heavy (non-hydrogen) atoms. The zero-order valence-corrected chi connectivity index (χ0v) is 12.9. The van der Waals surface area contributed by atoms with Crippen LogP contribution in [0.3, 0.4) is 0 Å². The number of hydrogen-bond acceptors (Lipinski definition) is 5. The van der Waals surface area contributed by atoms with Crippen LogP contribution in [0.1, 0.15) is 27.2 Å². The number of rotatable bonds is 3. The fourth-order valence-electron chi connectivity index (χ4n) is 1.87. The number of thiazole rings is 1. The van der Waals surface area contributed by atoms with Gasteiger partial charge in [-0.3, -0.25) is 4.79 Å². The molecule has 0 bridgehead atoms. The van der Waals surface area contributed by atoms with Gasteiger partial charge in [-0.05, 0) is 11.5 Å². The first-order valence-electron chi connectivity index (χ1n) is 6.32. The number of carbonyl (C=O) groups is 1. The molecular formula is C14H19N3O2S. The number of amides is 1. The van der Waals surface area contributed by atoms with Crippen LogP contribution >= 0.6 is 11.3 Å². The van der Waals surface area contributed by atoms with Crippen LogP contribution in [-0.4, -0.2) is 18.0 Å². The summed E-state index contributed by atoms with van der Waals surface area (Å²) < 4.78 is 6.15. The van der Waals surface area contributed by atoms with Crippen molar-refractivity contribution < 1.29 is 9.53 Å². The minimum atomic E-state index is -0.0527. The molecule has 0 saturated heterocycles. The van der Waals surface area contributed by atoms with E-state index < -0.39 is 0 Å². The Morgan fingerprint density at radius 2 is 2.15 bits per heavy atom. The number of nitrogens with one attached hydrogen (secondary N) is 1. The van der Waals surface area contributed by atoms with Gasteiger partial charge in [0.15, 0.2) is 5.13 Å². The van der Waals surface area contributed by atoms with Gasteiger partial charge in [0.1, 0.15) is 11.3 Å². The number of anilines is 2. The smallest absolute Gasteiger partial charge is 0.226 e. The van der Waals surface area contributed by atoms with Gasteiger partial charge in [0.05, 0.1) is 11.8 Å². The van der Waals surface area contributed by atoms with Crippen molar-refractivity contribution in [3.05, 3.63) is 12.1 Å². The second-order valence-electron chi connectivity index (χ2n) is 5.87. The van der Waals surface area contributed by atoms with Crippen LogP contribution in [0.4, 0.5) is 10.8 Å². The average molecular weight is 293 g/mol. The van der Waals surface area contributed by atoms with Crippen LogP contribution in [0.2, 0.25) is 0 Å². The maximum Gasteiger partial charge on any atom is 0.226 e. The van der Waals surface area contributed by atoms with Crippen molar-refractivity contribution in [2.75, 3.05) is 18.2 Å². The van der Waals surface area contributed by atoms with Crippen molar-refractivity contribution in [3.63, 3.8) is 0 Å². The molecule has 1 aromatic heterocycles. The van der Waals surface area contributed by atoms with Crippen LogP contribution in [-0.2, 0) is 4.79 Å². The number of methoxy groups -OCH3 is 1. The van der Waals surface area contributed by atoms with E-state index in [-0.39, 0.29) is 11.3 Å². The number of fused-ring (bicyclic) bond motifs is 1. The summed E-state index contributed by atoms with van der Waals surface area (Å²) in [6.45, 7) is 6.07. The summed E-state index contributed by atoms with van der Waals surface area (Å²) in [6.07, 6.45) is 0.447. The van der Waals surface area contributed by atoms with Crippen LogP contribution < -0.4 is 15.8 Å². The van der Waals surface area contributed by atoms with E-state index in [0.717, 1.165) is 10.2 Å². The number of carbonyl (C=O) groups excluding carboxylic acids is 1. The molecule has 2 aromatic rings. The van der Waals surface area contributed by atoms with Crippen LogP contribution in [0.15, 0.2) is 12.1 Å². The molecule has 0 radical (unpaired) electrons. The van der Waals surface area contributed by atoms with Crippen LogP contribution in [0.5, 0.6) is 5.75 Å². The van der Waals surface area contributed by atoms with Gasteiger partial charge in [0.25, 0.3) is 0 Å². The van der Waals surface area contributed by atoms with E-state index in [9.17, 15) is 4.79 Å². The SMILES string of the molecule is COc1cc(N)cc2sc(NC(=O)CC(C)(C)C)nc12. The van der Waals surface area contributed by atoms with Crippen LogP contribution in [0.25, 0.3) is 10.2 Å². The Labute approximate surface area is 122 Å². The zero-order chi connectivity index (χ0) is 14.9. The minimum Gasteiger partial charge on any atom is -0.494 e. The van der Waals surface area contributed by atoms with Gasteiger partial charge >= 0.3 is 0 Å². The molecule has 0 saturated carbocycles. The molecule has 0 aliphatic carbocycles.